The van der Waals surface area contributed by atoms with Crippen molar-refractivity contribution in [2.45, 2.75) is 6.10 Å². The molecule has 1 aliphatic heterocycles. The number of rotatable bonds is 3. The SMILES string of the molecule is CN1CCOC(CNc2nc(Br)cn3ccnc23)C1. The molecule has 0 radical (unpaired) electrons. The molecule has 0 aliphatic carbocycles. The number of anilines is 1. The van der Waals surface area contributed by atoms with Gasteiger partial charge in [0.15, 0.2) is 11.5 Å². The zero-order valence-corrected chi connectivity index (χ0v) is 12.3. The van der Waals surface area contributed by atoms with Crippen molar-refractivity contribution < 1.29 is 4.74 Å². The van der Waals surface area contributed by atoms with Crippen LogP contribution in [0.25, 0.3) is 5.65 Å². The lowest BCUT2D eigenvalue weighted by molar-refractivity contribution is -0.0117. The minimum atomic E-state index is 0.189. The van der Waals surface area contributed by atoms with Crippen LogP contribution in [0, 0.1) is 0 Å². The van der Waals surface area contributed by atoms with Crippen LogP contribution in [-0.4, -0.2) is 58.7 Å². The Morgan fingerprint density at radius 2 is 2.47 bits per heavy atom. The Hall–Kier alpha value is -1.18. The third kappa shape index (κ3) is 2.88. The molecule has 1 unspecified atom stereocenters. The molecule has 0 amide bonds. The largest absolute Gasteiger partial charge is 0.374 e. The third-order valence-electron chi connectivity index (χ3n) is 3.18. The molecule has 0 spiro atoms. The number of morpholine rings is 1. The molecule has 0 saturated carbocycles. The van der Waals surface area contributed by atoms with E-state index >= 15 is 0 Å². The van der Waals surface area contributed by atoms with Gasteiger partial charge >= 0.3 is 0 Å². The van der Waals surface area contributed by atoms with E-state index in [2.05, 4.69) is 43.2 Å². The van der Waals surface area contributed by atoms with Gasteiger partial charge in [-0.3, -0.25) is 0 Å². The monoisotopic (exact) mass is 325 g/mol. The molecule has 19 heavy (non-hydrogen) atoms. The number of likely N-dealkylation sites (N-methyl/N-ethyl adjacent to an activating group) is 1. The van der Waals surface area contributed by atoms with E-state index in [0.29, 0.717) is 0 Å². The number of halogens is 1. The van der Waals surface area contributed by atoms with Crippen molar-refractivity contribution in [1.82, 2.24) is 19.3 Å². The van der Waals surface area contributed by atoms with Gasteiger partial charge in [-0.15, -0.1) is 0 Å². The Labute approximate surface area is 119 Å². The summed E-state index contributed by atoms with van der Waals surface area (Å²) < 4.78 is 8.44. The number of ether oxygens (including phenoxy) is 1. The van der Waals surface area contributed by atoms with Gasteiger partial charge in [-0.1, -0.05) is 0 Å². The van der Waals surface area contributed by atoms with E-state index in [1.54, 1.807) is 6.20 Å². The maximum atomic E-state index is 5.72. The van der Waals surface area contributed by atoms with Crippen LogP contribution >= 0.6 is 15.9 Å². The molecule has 2 aromatic heterocycles. The molecule has 0 bridgehead atoms. The maximum absolute atomic E-state index is 5.72. The smallest absolute Gasteiger partial charge is 0.180 e. The van der Waals surface area contributed by atoms with E-state index in [0.717, 1.165) is 42.3 Å². The van der Waals surface area contributed by atoms with Gasteiger partial charge in [-0.25, -0.2) is 9.97 Å². The molecule has 1 fully saturated rings. The molecule has 6 nitrogen and oxygen atoms in total. The quantitative estimate of drug-likeness (QED) is 0.920. The van der Waals surface area contributed by atoms with Crippen LogP contribution in [0.4, 0.5) is 5.82 Å². The number of hydrogen-bond acceptors (Lipinski definition) is 5. The first kappa shape index (κ1) is 12.8. The number of nitrogens with one attached hydrogen (secondary N) is 1. The van der Waals surface area contributed by atoms with Crippen LogP contribution in [0.15, 0.2) is 23.2 Å². The van der Waals surface area contributed by atoms with Crippen LogP contribution in [-0.2, 0) is 4.74 Å². The summed E-state index contributed by atoms with van der Waals surface area (Å²) in [4.78, 5) is 11.0. The molecule has 1 saturated heterocycles. The van der Waals surface area contributed by atoms with Gasteiger partial charge in [-0.2, -0.15) is 0 Å². The molecular formula is C12H16BrN5O. The highest BCUT2D eigenvalue weighted by molar-refractivity contribution is 9.10. The summed E-state index contributed by atoms with van der Waals surface area (Å²) in [6, 6.07) is 0. The van der Waals surface area contributed by atoms with E-state index in [-0.39, 0.29) is 6.10 Å². The van der Waals surface area contributed by atoms with Crippen molar-refractivity contribution in [1.29, 1.82) is 0 Å². The van der Waals surface area contributed by atoms with Crippen molar-refractivity contribution in [2.24, 2.45) is 0 Å². The summed E-state index contributed by atoms with van der Waals surface area (Å²) in [7, 11) is 2.11. The van der Waals surface area contributed by atoms with Crippen molar-refractivity contribution in [3.05, 3.63) is 23.2 Å². The Balaban J connectivity index is 1.72. The van der Waals surface area contributed by atoms with Crippen LogP contribution in [0.5, 0.6) is 0 Å². The first-order valence-electron chi connectivity index (χ1n) is 6.25. The van der Waals surface area contributed by atoms with Crippen molar-refractivity contribution >= 4 is 27.4 Å². The Morgan fingerprint density at radius 1 is 1.58 bits per heavy atom. The summed E-state index contributed by atoms with van der Waals surface area (Å²) in [5.74, 6) is 0.774. The number of hydrogen-bond donors (Lipinski definition) is 1. The highest BCUT2D eigenvalue weighted by atomic mass is 79.9. The molecule has 2 aromatic rings. The number of fused-ring (bicyclic) bond motifs is 1. The number of nitrogens with zero attached hydrogens (tertiary/aromatic N) is 4. The fourth-order valence-electron chi connectivity index (χ4n) is 2.22. The number of imidazole rings is 1. The summed E-state index contributed by atoms with van der Waals surface area (Å²) in [6.07, 6.45) is 5.74. The summed E-state index contributed by atoms with van der Waals surface area (Å²) >= 11 is 3.40. The van der Waals surface area contributed by atoms with E-state index < -0.39 is 0 Å². The van der Waals surface area contributed by atoms with Crippen molar-refractivity contribution in [2.75, 3.05) is 38.6 Å². The average Bonchev–Trinajstić information content (AvgIpc) is 2.84. The van der Waals surface area contributed by atoms with Crippen LogP contribution in [0.1, 0.15) is 0 Å². The first-order chi connectivity index (χ1) is 9.22. The normalized spacial score (nSPS) is 20.8. The minimum absolute atomic E-state index is 0.189. The zero-order valence-electron chi connectivity index (χ0n) is 10.7. The molecule has 1 N–H and O–H groups in total. The number of aromatic nitrogens is 3. The zero-order chi connectivity index (χ0) is 13.2. The van der Waals surface area contributed by atoms with Crippen LogP contribution in [0.2, 0.25) is 0 Å². The van der Waals surface area contributed by atoms with Gasteiger partial charge in [0.05, 0.1) is 12.7 Å². The van der Waals surface area contributed by atoms with E-state index in [1.807, 2.05) is 16.8 Å². The van der Waals surface area contributed by atoms with Gasteiger partial charge in [0.2, 0.25) is 0 Å². The summed E-state index contributed by atoms with van der Waals surface area (Å²) in [5, 5.41) is 3.33. The molecule has 1 aliphatic rings. The Morgan fingerprint density at radius 3 is 3.32 bits per heavy atom. The highest BCUT2D eigenvalue weighted by Crippen LogP contribution is 2.17. The lowest BCUT2D eigenvalue weighted by Gasteiger charge is -2.30. The molecule has 7 heteroatoms. The summed E-state index contributed by atoms with van der Waals surface area (Å²) in [6.45, 7) is 3.45. The van der Waals surface area contributed by atoms with Crippen molar-refractivity contribution in [3.63, 3.8) is 0 Å². The van der Waals surface area contributed by atoms with Crippen molar-refractivity contribution in [3.8, 4) is 0 Å². The maximum Gasteiger partial charge on any atom is 0.180 e. The molecule has 1 atom stereocenters. The Bertz CT molecular complexity index is 572. The minimum Gasteiger partial charge on any atom is -0.374 e. The second kappa shape index (κ2) is 5.44. The van der Waals surface area contributed by atoms with Crippen LogP contribution in [0.3, 0.4) is 0 Å². The highest BCUT2D eigenvalue weighted by Gasteiger charge is 2.18. The fraction of sp³-hybridized carbons (Fsp3) is 0.500. The predicted molar refractivity (Wildman–Crippen MR) is 76.4 cm³/mol. The molecular weight excluding hydrogens is 310 g/mol. The molecule has 0 aromatic carbocycles. The lowest BCUT2D eigenvalue weighted by atomic mass is 10.3. The van der Waals surface area contributed by atoms with Gasteiger partial charge in [0.1, 0.15) is 4.60 Å². The second-order valence-corrected chi connectivity index (χ2v) is 5.52. The van der Waals surface area contributed by atoms with Gasteiger partial charge < -0.3 is 19.4 Å². The predicted octanol–water partition coefficient (Wildman–Crippen LogP) is 1.23. The van der Waals surface area contributed by atoms with E-state index in [9.17, 15) is 0 Å². The van der Waals surface area contributed by atoms with Gasteiger partial charge in [0.25, 0.3) is 0 Å². The molecule has 3 rings (SSSR count). The fourth-order valence-corrected chi connectivity index (χ4v) is 2.62. The summed E-state index contributed by atoms with van der Waals surface area (Å²) in [5.41, 5.74) is 0.826. The first-order valence-corrected chi connectivity index (χ1v) is 7.05. The van der Waals surface area contributed by atoms with Gasteiger partial charge in [-0.05, 0) is 23.0 Å². The van der Waals surface area contributed by atoms with E-state index in [4.69, 9.17) is 4.74 Å². The third-order valence-corrected chi connectivity index (χ3v) is 3.57. The van der Waals surface area contributed by atoms with Gasteiger partial charge in [0, 0.05) is 38.2 Å². The molecule has 102 valence electrons. The lowest BCUT2D eigenvalue weighted by Crippen LogP contribution is -2.43. The topological polar surface area (TPSA) is 54.7 Å². The second-order valence-electron chi connectivity index (χ2n) is 4.71. The van der Waals surface area contributed by atoms with E-state index in [1.165, 1.54) is 0 Å². The Kier molecular flexibility index (Phi) is 3.67. The molecule has 3 heterocycles. The standard InChI is InChI=1S/C12H16BrN5O/c1-17-4-5-19-9(7-17)6-15-11-12-14-2-3-18(12)8-10(13)16-11/h2-3,8-9H,4-7H2,1H3,(H,15,16). The van der Waals surface area contributed by atoms with Crippen LogP contribution < -0.4 is 5.32 Å². The average molecular weight is 326 g/mol.